The summed E-state index contributed by atoms with van der Waals surface area (Å²) in [4.78, 5) is 26.0. The molecular formula is C48H93NO5. The first-order valence-electron chi connectivity index (χ1n) is 23.9. The summed E-state index contributed by atoms with van der Waals surface area (Å²) in [5.74, 6) is -0.479. The highest BCUT2D eigenvalue weighted by atomic mass is 16.5. The molecule has 0 radical (unpaired) electrons. The molecule has 0 heterocycles. The van der Waals surface area contributed by atoms with Gasteiger partial charge in [0.15, 0.2) is 0 Å². The van der Waals surface area contributed by atoms with Crippen molar-refractivity contribution in [3.63, 3.8) is 0 Å². The molecule has 3 unspecified atom stereocenters. The Labute approximate surface area is 336 Å². The van der Waals surface area contributed by atoms with Crippen molar-refractivity contribution in [2.45, 2.75) is 277 Å². The Kier molecular flexibility index (Phi) is 41.6. The zero-order chi connectivity index (χ0) is 39.6. The number of hydrogen-bond acceptors (Lipinski definition) is 5. The maximum atomic E-state index is 13.1. The van der Waals surface area contributed by atoms with Crippen LogP contribution in [0.2, 0.25) is 0 Å². The zero-order valence-corrected chi connectivity index (χ0v) is 36.4. The third-order valence-electron chi connectivity index (χ3n) is 11.1. The van der Waals surface area contributed by atoms with Crippen LogP contribution in [0.1, 0.15) is 258 Å². The number of carbonyl (C=O) groups is 2. The third kappa shape index (κ3) is 37.5. The number of unbranched alkanes of at least 4 members (excludes halogenated alkanes) is 29. The molecule has 0 fully saturated rings. The highest BCUT2D eigenvalue weighted by molar-refractivity contribution is 5.77. The van der Waals surface area contributed by atoms with Crippen LogP contribution >= 0.6 is 0 Å². The Balaban J connectivity index is 4.58. The molecular weight excluding hydrogens is 671 g/mol. The summed E-state index contributed by atoms with van der Waals surface area (Å²) in [7, 11) is 0. The summed E-state index contributed by atoms with van der Waals surface area (Å²) >= 11 is 0. The standard InChI is InChI=1S/C48H93NO5/c1-4-7-10-13-16-19-22-23-24-26-27-30-33-36-39-44(54-48(53)41-38-35-32-29-21-18-15-12-9-6-3)42-47(52)49-45(43-50)46(51)40-37-34-31-28-25-20-17-14-11-8-5-2/h24,26,44-46,50-51H,4-23,25,27-43H2,1-3H3,(H,49,52)/b26-24+. The Morgan fingerprint density at radius 1 is 0.519 bits per heavy atom. The van der Waals surface area contributed by atoms with Crippen LogP contribution < -0.4 is 5.32 Å². The molecule has 320 valence electrons. The fourth-order valence-corrected chi connectivity index (χ4v) is 7.43. The van der Waals surface area contributed by atoms with E-state index in [-0.39, 0.29) is 24.9 Å². The first-order chi connectivity index (χ1) is 26.5. The molecule has 0 rings (SSSR count). The highest BCUT2D eigenvalue weighted by Gasteiger charge is 2.24. The van der Waals surface area contributed by atoms with Gasteiger partial charge in [-0.15, -0.1) is 0 Å². The molecule has 0 bridgehead atoms. The molecule has 0 aliphatic rings. The van der Waals surface area contributed by atoms with Crippen LogP contribution in [-0.4, -0.2) is 46.9 Å². The van der Waals surface area contributed by atoms with E-state index in [4.69, 9.17) is 4.74 Å². The van der Waals surface area contributed by atoms with Gasteiger partial charge in [-0.25, -0.2) is 0 Å². The van der Waals surface area contributed by atoms with Crippen LogP contribution in [0.4, 0.5) is 0 Å². The molecule has 3 atom stereocenters. The van der Waals surface area contributed by atoms with Gasteiger partial charge < -0.3 is 20.3 Å². The van der Waals surface area contributed by atoms with Crippen molar-refractivity contribution in [3.05, 3.63) is 12.2 Å². The molecule has 0 saturated heterocycles. The SMILES string of the molecule is CCCCCCCCC/C=C/CCCCCC(CC(=O)NC(CO)C(O)CCCCCCCCCCCCC)OC(=O)CCCCCCCCCCCC. The van der Waals surface area contributed by atoms with Crippen molar-refractivity contribution in [2.75, 3.05) is 6.61 Å². The topological polar surface area (TPSA) is 95.9 Å². The Morgan fingerprint density at radius 3 is 1.33 bits per heavy atom. The maximum Gasteiger partial charge on any atom is 0.306 e. The van der Waals surface area contributed by atoms with E-state index in [1.807, 2.05) is 0 Å². The van der Waals surface area contributed by atoms with E-state index in [1.54, 1.807) is 0 Å². The van der Waals surface area contributed by atoms with Gasteiger partial charge in [0.1, 0.15) is 6.10 Å². The summed E-state index contributed by atoms with van der Waals surface area (Å²) in [6, 6.07) is -0.698. The van der Waals surface area contributed by atoms with Gasteiger partial charge in [0.05, 0.1) is 25.2 Å². The molecule has 3 N–H and O–H groups in total. The second-order valence-corrected chi connectivity index (χ2v) is 16.5. The van der Waals surface area contributed by atoms with Gasteiger partial charge in [-0.3, -0.25) is 9.59 Å². The summed E-state index contributed by atoms with van der Waals surface area (Å²) < 4.78 is 5.90. The molecule has 0 aliphatic carbocycles. The van der Waals surface area contributed by atoms with E-state index >= 15 is 0 Å². The van der Waals surface area contributed by atoms with Gasteiger partial charge >= 0.3 is 5.97 Å². The maximum absolute atomic E-state index is 13.1. The van der Waals surface area contributed by atoms with E-state index in [9.17, 15) is 19.8 Å². The van der Waals surface area contributed by atoms with Crippen LogP contribution in [0.3, 0.4) is 0 Å². The van der Waals surface area contributed by atoms with Crippen LogP contribution in [-0.2, 0) is 14.3 Å². The average Bonchev–Trinajstić information content (AvgIpc) is 3.16. The number of allylic oxidation sites excluding steroid dienone is 2. The second kappa shape index (κ2) is 42.7. The molecule has 1 amide bonds. The molecule has 0 saturated carbocycles. The van der Waals surface area contributed by atoms with E-state index in [2.05, 4.69) is 38.2 Å². The Hall–Kier alpha value is -1.40. The average molecular weight is 764 g/mol. The number of nitrogens with one attached hydrogen (secondary N) is 1. The first kappa shape index (κ1) is 52.6. The van der Waals surface area contributed by atoms with Crippen molar-refractivity contribution in [1.29, 1.82) is 0 Å². The number of hydrogen-bond donors (Lipinski definition) is 3. The minimum absolute atomic E-state index is 0.0732. The van der Waals surface area contributed by atoms with Crippen LogP contribution in [0, 0.1) is 0 Å². The zero-order valence-electron chi connectivity index (χ0n) is 36.4. The van der Waals surface area contributed by atoms with Crippen molar-refractivity contribution < 1.29 is 24.5 Å². The van der Waals surface area contributed by atoms with E-state index in [0.717, 1.165) is 57.8 Å². The lowest BCUT2D eigenvalue weighted by Crippen LogP contribution is -2.46. The highest BCUT2D eigenvalue weighted by Crippen LogP contribution is 2.17. The minimum Gasteiger partial charge on any atom is -0.462 e. The van der Waals surface area contributed by atoms with Crippen molar-refractivity contribution in [1.82, 2.24) is 5.32 Å². The molecule has 0 aliphatic heterocycles. The Morgan fingerprint density at radius 2 is 0.889 bits per heavy atom. The quantitative estimate of drug-likeness (QED) is 0.0326. The molecule has 54 heavy (non-hydrogen) atoms. The predicted molar refractivity (Wildman–Crippen MR) is 232 cm³/mol. The van der Waals surface area contributed by atoms with E-state index in [0.29, 0.717) is 19.3 Å². The van der Waals surface area contributed by atoms with Gasteiger partial charge in [0.25, 0.3) is 0 Å². The molecule has 0 aromatic heterocycles. The predicted octanol–water partition coefficient (Wildman–Crippen LogP) is 13.8. The Bertz CT molecular complexity index is 817. The van der Waals surface area contributed by atoms with Gasteiger partial charge in [0, 0.05) is 6.42 Å². The number of aliphatic hydroxyl groups is 2. The lowest BCUT2D eigenvalue weighted by molar-refractivity contribution is -0.151. The van der Waals surface area contributed by atoms with Crippen LogP contribution in [0.15, 0.2) is 12.2 Å². The van der Waals surface area contributed by atoms with Crippen LogP contribution in [0.5, 0.6) is 0 Å². The van der Waals surface area contributed by atoms with E-state index in [1.165, 1.54) is 154 Å². The summed E-state index contributed by atoms with van der Waals surface area (Å²) in [6.45, 7) is 6.46. The van der Waals surface area contributed by atoms with Gasteiger partial charge in [0.2, 0.25) is 5.91 Å². The van der Waals surface area contributed by atoms with E-state index < -0.39 is 18.2 Å². The minimum atomic E-state index is -0.784. The number of amides is 1. The van der Waals surface area contributed by atoms with Gasteiger partial charge in [-0.2, -0.15) is 0 Å². The first-order valence-corrected chi connectivity index (χ1v) is 23.9. The summed E-state index contributed by atoms with van der Waals surface area (Å²) in [5.41, 5.74) is 0. The number of carbonyl (C=O) groups excluding carboxylic acids is 2. The summed E-state index contributed by atoms with van der Waals surface area (Å²) in [5, 5.41) is 23.6. The summed E-state index contributed by atoms with van der Waals surface area (Å²) in [6.07, 6.45) is 45.5. The number of aliphatic hydroxyl groups excluding tert-OH is 2. The normalized spacial score (nSPS) is 13.4. The van der Waals surface area contributed by atoms with Gasteiger partial charge in [-0.1, -0.05) is 206 Å². The number of esters is 1. The number of ether oxygens (including phenoxy) is 1. The third-order valence-corrected chi connectivity index (χ3v) is 11.1. The van der Waals surface area contributed by atoms with Crippen LogP contribution in [0.25, 0.3) is 0 Å². The lowest BCUT2D eigenvalue weighted by Gasteiger charge is -2.24. The molecule has 0 aromatic rings. The smallest absolute Gasteiger partial charge is 0.306 e. The largest absolute Gasteiger partial charge is 0.462 e. The molecule has 0 spiro atoms. The second-order valence-electron chi connectivity index (χ2n) is 16.5. The lowest BCUT2D eigenvalue weighted by atomic mass is 10.0. The number of rotatable bonds is 43. The molecule has 6 heteroatoms. The molecule has 6 nitrogen and oxygen atoms in total. The molecule has 0 aromatic carbocycles. The fourth-order valence-electron chi connectivity index (χ4n) is 7.43. The fraction of sp³-hybridized carbons (Fsp3) is 0.917. The van der Waals surface area contributed by atoms with Crippen molar-refractivity contribution in [2.24, 2.45) is 0 Å². The van der Waals surface area contributed by atoms with Crippen molar-refractivity contribution >= 4 is 11.9 Å². The van der Waals surface area contributed by atoms with Crippen molar-refractivity contribution in [3.8, 4) is 0 Å². The monoisotopic (exact) mass is 764 g/mol. The van der Waals surface area contributed by atoms with Gasteiger partial charge in [-0.05, 0) is 51.4 Å².